The van der Waals surface area contributed by atoms with E-state index in [1.807, 2.05) is 41.3 Å². The summed E-state index contributed by atoms with van der Waals surface area (Å²) < 4.78 is 10.6. The number of piperazine rings is 1. The van der Waals surface area contributed by atoms with E-state index in [0.717, 1.165) is 23.4 Å². The van der Waals surface area contributed by atoms with E-state index in [1.165, 1.54) is 5.56 Å². The van der Waals surface area contributed by atoms with Gasteiger partial charge in [0.05, 0.1) is 32.3 Å². The maximum Gasteiger partial charge on any atom is 0.237 e. The summed E-state index contributed by atoms with van der Waals surface area (Å²) in [5, 5.41) is 3.22. The van der Waals surface area contributed by atoms with Crippen molar-refractivity contribution in [2.24, 2.45) is 0 Å². The summed E-state index contributed by atoms with van der Waals surface area (Å²) in [4.78, 5) is 14.2. The Labute approximate surface area is 165 Å². The first-order valence-electron chi connectivity index (χ1n) is 9.48. The van der Waals surface area contributed by atoms with Crippen LogP contribution in [-0.2, 0) is 9.53 Å². The largest absolute Gasteiger partial charge is 0.497 e. The number of amides is 1. The second-order valence-corrected chi connectivity index (χ2v) is 7.15. The lowest BCUT2D eigenvalue weighted by molar-refractivity contribution is -0.154. The number of hydrogen-bond donors (Lipinski definition) is 1. The molecule has 28 heavy (non-hydrogen) atoms. The van der Waals surface area contributed by atoms with Crippen LogP contribution in [0.3, 0.4) is 0 Å². The van der Waals surface area contributed by atoms with E-state index < -0.39 is 0 Å². The van der Waals surface area contributed by atoms with Crippen LogP contribution in [0.15, 0.2) is 48.5 Å². The van der Waals surface area contributed by atoms with Gasteiger partial charge in [-0.2, -0.15) is 0 Å². The summed E-state index contributed by atoms with van der Waals surface area (Å²) >= 11 is 0. The highest BCUT2D eigenvalue weighted by molar-refractivity contribution is 5.81. The van der Waals surface area contributed by atoms with Crippen molar-refractivity contribution < 1.29 is 14.3 Å². The molecule has 1 amide bonds. The van der Waals surface area contributed by atoms with E-state index >= 15 is 0 Å². The Bertz CT molecular complexity index is 913. The minimum Gasteiger partial charge on any atom is -0.497 e. The third-order valence-electron chi connectivity index (χ3n) is 5.52. The van der Waals surface area contributed by atoms with Gasteiger partial charge in [0.25, 0.3) is 0 Å². The second kappa shape index (κ2) is 8.05. The van der Waals surface area contributed by atoms with Gasteiger partial charge in [-0.25, -0.2) is 0 Å². The third-order valence-corrected chi connectivity index (χ3v) is 5.52. The van der Waals surface area contributed by atoms with Crippen LogP contribution < -0.4 is 10.1 Å². The van der Waals surface area contributed by atoms with Gasteiger partial charge in [-0.05, 0) is 35.9 Å². The molecule has 2 aromatic rings. The minimum atomic E-state index is 0.110. The number of nitrogens with one attached hydrogen (secondary N) is 1. The molecule has 5 nitrogen and oxygen atoms in total. The monoisotopic (exact) mass is 376 g/mol. The molecule has 0 bridgehead atoms. The fourth-order valence-corrected chi connectivity index (χ4v) is 4.19. The number of hydrogen-bond acceptors (Lipinski definition) is 4. The lowest BCUT2D eigenvalue weighted by Gasteiger charge is -2.57. The van der Waals surface area contributed by atoms with Crippen molar-refractivity contribution in [3.05, 3.63) is 65.2 Å². The van der Waals surface area contributed by atoms with Crippen LogP contribution in [0.2, 0.25) is 0 Å². The molecule has 0 radical (unpaired) electrons. The van der Waals surface area contributed by atoms with Crippen LogP contribution in [0, 0.1) is 11.8 Å². The van der Waals surface area contributed by atoms with Gasteiger partial charge in [0, 0.05) is 30.7 Å². The number of rotatable bonds is 4. The molecule has 2 heterocycles. The SMILES string of the molecule is COC[C@H]1[C@@H](c2ccc(C#Cc3cccc(OC)c3)cc2)[C@@H]2CNCC(=O)N21. The fraction of sp³-hybridized carbons (Fsp3) is 0.348. The Morgan fingerprint density at radius 1 is 1.11 bits per heavy atom. The quantitative estimate of drug-likeness (QED) is 0.830. The van der Waals surface area contributed by atoms with Crippen molar-refractivity contribution in [3.8, 4) is 17.6 Å². The normalized spacial score (nSPS) is 23.3. The zero-order valence-electron chi connectivity index (χ0n) is 16.1. The van der Waals surface area contributed by atoms with Crippen LogP contribution in [0.5, 0.6) is 5.75 Å². The van der Waals surface area contributed by atoms with Crippen molar-refractivity contribution in [2.45, 2.75) is 18.0 Å². The van der Waals surface area contributed by atoms with E-state index in [9.17, 15) is 4.79 Å². The second-order valence-electron chi connectivity index (χ2n) is 7.15. The first-order valence-corrected chi connectivity index (χ1v) is 9.48. The molecule has 2 saturated heterocycles. The lowest BCUT2D eigenvalue weighted by atomic mass is 9.74. The van der Waals surface area contributed by atoms with E-state index in [-0.39, 0.29) is 23.9 Å². The minimum absolute atomic E-state index is 0.110. The number of carbonyl (C=O) groups is 1. The summed E-state index contributed by atoms with van der Waals surface area (Å²) in [6, 6.07) is 16.4. The standard InChI is InChI=1S/C23H24N2O3/c1-27-15-21-23(20-13-24-14-22(26)25(20)21)18-10-8-16(9-11-18)6-7-17-4-3-5-19(12-17)28-2/h3-5,8-12,20-21,23-24H,13-15H2,1-2H3/t20-,21-,23-/m0/s1. The molecule has 1 N–H and O–H groups in total. The maximum atomic E-state index is 12.2. The molecule has 5 heteroatoms. The molecule has 2 aromatic carbocycles. The van der Waals surface area contributed by atoms with Crippen LogP contribution in [0.4, 0.5) is 0 Å². The summed E-state index contributed by atoms with van der Waals surface area (Å²) in [5.74, 6) is 7.64. The van der Waals surface area contributed by atoms with Crippen molar-refractivity contribution >= 4 is 5.91 Å². The van der Waals surface area contributed by atoms with Crippen molar-refractivity contribution in [1.82, 2.24) is 10.2 Å². The van der Waals surface area contributed by atoms with Crippen LogP contribution in [-0.4, -0.2) is 56.8 Å². The van der Waals surface area contributed by atoms with E-state index in [0.29, 0.717) is 13.2 Å². The molecule has 0 aliphatic carbocycles. The molecule has 2 aliphatic heterocycles. The predicted molar refractivity (Wildman–Crippen MR) is 107 cm³/mol. The van der Waals surface area contributed by atoms with Gasteiger partial charge in [-0.3, -0.25) is 4.79 Å². The molecule has 4 rings (SSSR count). The van der Waals surface area contributed by atoms with E-state index in [2.05, 4.69) is 29.3 Å². The van der Waals surface area contributed by atoms with Gasteiger partial charge in [0.15, 0.2) is 0 Å². The Balaban J connectivity index is 1.51. The molecule has 2 aliphatic rings. The fourth-order valence-electron chi connectivity index (χ4n) is 4.19. The molecule has 0 aromatic heterocycles. The Morgan fingerprint density at radius 3 is 2.64 bits per heavy atom. The molecular formula is C23H24N2O3. The third kappa shape index (κ3) is 3.49. The number of ether oxygens (including phenoxy) is 2. The lowest BCUT2D eigenvalue weighted by Crippen LogP contribution is -2.72. The molecule has 2 fully saturated rings. The highest BCUT2D eigenvalue weighted by Gasteiger charge is 2.52. The highest BCUT2D eigenvalue weighted by atomic mass is 16.5. The summed E-state index contributed by atoms with van der Waals surface area (Å²) in [5.41, 5.74) is 3.11. The highest BCUT2D eigenvalue weighted by Crippen LogP contribution is 2.41. The molecule has 3 atom stereocenters. The summed E-state index contributed by atoms with van der Waals surface area (Å²) in [6.07, 6.45) is 0. The Morgan fingerprint density at radius 2 is 1.89 bits per heavy atom. The zero-order chi connectivity index (χ0) is 19.5. The smallest absolute Gasteiger partial charge is 0.237 e. The molecular weight excluding hydrogens is 352 g/mol. The van der Waals surface area contributed by atoms with Gasteiger partial charge in [-0.1, -0.05) is 30.0 Å². The van der Waals surface area contributed by atoms with Gasteiger partial charge in [0.2, 0.25) is 5.91 Å². The van der Waals surface area contributed by atoms with Gasteiger partial charge in [0.1, 0.15) is 5.75 Å². The van der Waals surface area contributed by atoms with E-state index in [4.69, 9.17) is 9.47 Å². The van der Waals surface area contributed by atoms with Gasteiger partial charge in [-0.15, -0.1) is 0 Å². The van der Waals surface area contributed by atoms with Gasteiger partial charge >= 0.3 is 0 Å². The number of nitrogens with zero attached hydrogens (tertiary/aromatic N) is 1. The molecule has 0 unspecified atom stereocenters. The molecule has 0 saturated carbocycles. The average molecular weight is 376 g/mol. The predicted octanol–water partition coefficient (Wildman–Crippen LogP) is 2.01. The van der Waals surface area contributed by atoms with Crippen LogP contribution in [0.25, 0.3) is 0 Å². The van der Waals surface area contributed by atoms with Crippen LogP contribution in [0.1, 0.15) is 22.6 Å². The Kier molecular flexibility index (Phi) is 5.34. The number of carbonyl (C=O) groups excluding carboxylic acids is 1. The van der Waals surface area contributed by atoms with Crippen molar-refractivity contribution in [1.29, 1.82) is 0 Å². The number of fused-ring (bicyclic) bond motifs is 1. The van der Waals surface area contributed by atoms with Crippen molar-refractivity contribution in [3.63, 3.8) is 0 Å². The van der Waals surface area contributed by atoms with Crippen LogP contribution >= 0.6 is 0 Å². The summed E-state index contributed by atoms with van der Waals surface area (Å²) in [6.45, 7) is 1.81. The molecule has 0 spiro atoms. The first kappa shape index (κ1) is 18.5. The average Bonchev–Trinajstić information content (AvgIpc) is 2.72. The topological polar surface area (TPSA) is 50.8 Å². The number of benzene rings is 2. The maximum absolute atomic E-state index is 12.2. The summed E-state index contributed by atoms with van der Waals surface area (Å²) in [7, 11) is 3.34. The van der Waals surface area contributed by atoms with E-state index in [1.54, 1.807) is 14.2 Å². The van der Waals surface area contributed by atoms with Crippen molar-refractivity contribution in [2.75, 3.05) is 33.9 Å². The van der Waals surface area contributed by atoms with Gasteiger partial charge < -0.3 is 19.7 Å². The molecule has 144 valence electrons. The zero-order valence-corrected chi connectivity index (χ0v) is 16.1. The first-order chi connectivity index (χ1) is 13.7. The Hall–Kier alpha value is -2.81. The number of methoxy groups -OCH3 is 2.